The Morgan fingerprint density at radius 1 is 1.07 bits per heavy atom. The quantitative estimate of drug-likeness (QED) is 0.752. The van der Waals surface area contributed by atoms with E-state index in [9.17, 15) is 0 Å². The number of rotatable bonds is 1. The van der Waals surface area contributed by atoms with Crippen LogP contribution in [0, 0.1) is 0 Å². The van der Waals surface area contributed by atoms with Gasteiger partial charge in [0, 0.05) is 25.3 Å². The number of nitrogens with zero attached hydrogens (tertiary/aromatic N) is 1. The van der Waals surface area contributed by atoms with Crippen LogP contribution in [0.3, 0.4) is 0 Å². The van der Waals surface area contributed by atoms with E-state index < -0.39 is 0 Å². The van der Waals surface area contributed by atoms with E-state index in [0.717, 1.165) is 6.54 Å². The standard InChI is InChI=1S/C9H11N.C4H7N/c1-2-5-9(6-3-1)10-7-4-8-10;1-2-4-5-3-1/h1-3,5-6H,4,7-8H2;1,3,5H,2,4H2. The van der Waals surface area contributed by atoms with Crippen molar-refractivity contribution < 1.29 is 0 Å². The highest BCUT2D eigenvalue weighted by Gasteiger charge is 2.12. The predicted octanol–water partition coefficient (Wildman–Crippen LogP) is 2.39. The average molecular weight is 202 g/mol. The van der Waals surface area contributed by atoms with Gasteiger partial charge in [-0.3, -0.25) is 0 Å². The molecular formula is C13H18N2. The minimum atomic E-state index is 1.14. The molecule has 0 bridgehead atoms. The summed E-state index contributed by atoms with van der Waals surface area (Å²) in [5.41, 5.74) is 1.37. The molecular weight excluding hydrogens is 184 g/mol. The number of hydrogen-bond donors (Lipinski definition) is 1. The van der Waals surface area contributed by atoms with E-state index in [1.165, 1.54) is 31.6 Å². The SMILES string of the molecule is C1=CNCC1.c1ccc(N2CCC2)cc1. The number of para-hydroxylation sites is 1. The summed E-state index contributed by atoms with van der Waals surface area (Å²) in [6, 6.07) is 10.6. The third-order valence-corrected chi connectivity index (χ3v) is 2.67. The van der Waals surface area contributed by atoms with E-state index in [0.29, 0.717) is 0 Å². The van der Waals surface area contributed by atoms with Crippen LogP contribution in [0.2, 0.25) is 0 Å². The first-order chi connectivity index (χ1) is 7.47. The van der Waals surface area contributed by atoms with Crippen LogP contribution in [0.1, 0.15) is 12.8 Å². The normalized spacial score (nSPS) is 17.5. The molecule has 0 saturated carbocycles. The van der Waals surface area contributed by atoms with Gasteiger partial charge in [-0.2, -0.15) is 0 Å². The van der Waals surface area contributed by atoms with Crippen LogP contribution in [0.15, 0.2) is 42.6 Å². The van der Waals surface area contributed by atoms with Gasteiger partial charge in [-0.1, -0.05) is 24.3 Å². The van der Waals surface area contributed by atoms with Crippen molar-refractivity contribution in [1.29, 1.82) is 0 Å². The zero-order valence-electron chi connectivity index (χ0n) is 9.02. The van der Waals surface area contributed by atoms with Crippen molar-refractivity contribution in [2.24, 2.45) is 0 Å². The van der Waals surface area contributed by atoms with Crippen LogP contribution in [0.5, 0.6) is 0 Å². The Morgan fingerprint density at radius 2 is 1.87 bits per heavy atom. The van der Waals surface area contributed by atoms with Crippen LogP contribution < -0.4 is 10.2 Å². The lowest BCUT2D eigenvalue weighted by Crippen LogP contribution is -2.36. The van der Waals surface area contributed by atoms with Crippen molar-refractivity contribution in [1.82, 2.24) is 5.32 Å². The molecule has 2 aliphatic heterocycles. The van der Waals surface area contributed by atoms with Crippen LogP contribution in [0.25, 0.3) is 0 Å². The zero-order valence-corrected chi connectivity index (χ0v) is 9.02. The Bertz CT molecular complexity index is 296. The van der Waals surface area contributed by atoms with Gasteiger partial charge in [0.05, 0.1) is 0 Å². The fourth-order valence-corrected chi connectivity index (χ4v) is 1.63. The average Bonchev–Trinajstić information content (AvgIpc) is 2.74. The van der Waals surface area contributed by atoms with Gasteiger partial charge < -0.3 is 10.2 Å². The summed E-state index contributed by atoms with van der Waals surface area (Å²) in [4.78, 5) is 2.39. The topological polar surface area (TPSA) is 15.3 Å². The summed E-state index contributed by atoms with van der Waals surface area (Å²) >= 11 is 0. The molecule has 3 rings (SSSR count). The van der Waals surface area contributed by atoms with Crippen molar-refractivity contribution >= 4 is 5.69 Å². The highest BCUT2D eigenvalue weighted by atomic mass is 15.2. The van der Waals surface area contributed by atoms with Crippen LogP contribution in [0.4, 0.5) is 5.69 Å². The highest BCUT2D eigenvalue weighted by molar-refractivity contribution is 5.47. The zero-order chi connectivity index (χ0) is 10.3. The van der Waals surface area contributed by atoms with Crippen molar-refractivity contribution in [2.75, 3.05) is 24.5 Å². The van der Waals surface area contributed by atoms with E-state index in [1.54, 1.807) is 0 Å². The Kier molecular flexibility index (Phi) is 3.66. The largest absolute Gasteiger partial charge is 0.391 e. The van der Waals surface area contributed by atoms with Crippen molar-refractivity contribution in [2.45, 2.75) is 12.8 Å². The van der Waals surface area contributed by atoms with Crippen molar-refractivity contribution in [3.63, 3.8) is 0 Å². The molecule has 80 valence electrons. The maximum atomic E-state index is 3.04. The number of benzene rings is 1. The summed E-state index contributed by atoms with van der Waals surface area (Å²) in [7, 11) is 0. The molecule has 0 atom stereocenters. The molecule has 2 aliphatic rings. The van der Waals surface area contributed by atoms with E-state index in [-0.39, 0.29) is 0 Å². The first kappa shape index (κ1) is 10.1. The van der Waals surface area contributed by atoms with Crippen LogP contribution >= 0.6 is 0 Å². The third kappa shape index (κ3) is 3.01. The van der Waals surface area contributed by atoms with Gasteiger partial charge in [0.2, 0.25) is 0 Å². The fourth-order valence-electron chi connectivity index (χ4n) is 1.63. The monoisotopic (exact) mass is 202 g/mol. The molecule has 1 aromatic rings. The summed E-state index contributed by atoms with van der Waals surface area (Å²) in [6.07, 6.45) is 6.68. The molecule has 1 saturated heterocycles. The smallest absolute Gasteiger partial charge is 0.0366 e. The van der Waals surface area contributed by atoms with E-state index in [2.05, 4.69) is 46.6 Å². The molecule has 2 heteroatoms. The molecule has 0 amide bonds. The fraction of sp³-hybridized carbons (Fsp3) is 0.385. The maximum absolute atomic E-state index is 3.04. The van der Waals surface area contributed by atoms with Crippen LogP contribution in [-0.4, -0.2) is 19.6 Å². The summed E-state index contributed by atoms with van der Waals surface area (Å²) < 4.78 is 0. The Balaban J connectivity index is 0.000000144. The molecule has 2 nitrogen and oxygen atoms in total. The maximum Gasteiger partial charge on any atom is 0.0366 e. The summed E-state index contributed by atoms with van der Waals surface area (Å²) in [5.74, 6) is 0. The molecule has 15 heavy (non-hydrogen) atoms. The van der Waals surface area contributed by atoms with Gasteiger partial charge in [0.15, 0.2) is 0 Å². The molecule has 1 aromatic carbocycles. The molecule has 1 N–H and O–H groups in total. The van der Waals surface area contributed by atoms with Gasteiger partial charge in [-0.15, -0.1) is 0 Å². The van der Waals surface area contributed by atoms with Crippen molar-refractivity contribution in [3.8, 4) is 0 Å². The second kappa shape index (κ2) is 5.44. The molecule has 1 fully saturated rings. The molecule has 2 heterocycles. The lowest BCUT2D eigenvalue weighted by molar-refractivity contribution is 0.618. The minimum Gasteiger partial charge on any atom is -0.391 e. The lowest BCUT2D eigenvalue weighted by Gasteiger charge is -2.33. The van der Waals surface area contributed by atoms with Crippen molar-refractivity contribution in [3.05, 3.63) is 42.6 Å². The minimum absolute atomic E-state index is 1.14. The lowest BCUT2D eigenvalue weighted by atomic mass is 10.2. The van der Waals surface area contributed by atoms with Gasteiger partial charge in [-0.05, 0) is 31.2 Å². The Hall–Kier alpha value is -1.44. The van der Waals surface area contributed by atoms with Gasteiger partial charge >= 0.3 is 0 Å². The third-order valence-electron chi connectivity index (χ3n) is 2.67. The van der Waals surface area contributed by atoms with E-state index in [4.69, 9.17) is 0 Å². The molecule has 0 aromatic heterocycles. The highest BCUT2D eigenvalue weighted by Crippen LogP contribution is 2.18. The number of hydrogen-bond acceptors (Lipinski definition) is 2. The predicted molar refractivity (Wildman–Crippen MR) is 65.0 cm³/mol. The first-order valence-corrected chi connectivity index (χ1v) is 5.65. The van der Waals surface area contributed by atoms with Gasteiger partial charge in [0.1, 0.15) is 0 Å². The molecule has 0 unspecified atom stereocenters. The summed E-state index contributed by atoms with van der Waals surface area (Å²) in [5, 5.41) is 3.04. The van der Waals surface area contributed by atoms with Gasteiger partial charge in [-0.25, -0.2) is 0 Å². The number of nitrogens with one attached hydrogen (secondary N) is 1. The Morgan fingerprint density at radius 3 is 2.27 bits per heavy atom. The van der Waals surface area contributed by atoms with E-state index in [1.807, 2.05) is 6.20 Å². The second-order valence-corrected chi connectivity index (χ2v) is 3.82. The molecule has 0 radical (unpaired) electrons. The Labute approximate surface area is 91.6 Å². The first-order valence-electron chi connectivity index (χ1n) is 5.65. The number of anilines is 1. The van der Waals surface area contributed by atoms with E-state index >= 15 is 0 Å². The second-order valence-electron chi connectivity index (χ2n) is 3.82. The van der Waals surface area contributed by atoms with Gasteiger partial charge in [0.25, 0.3) is 0 Å². The van der Waals surface area contributed by atoms with Crippen LogP contribution in [-0.2, 0) is 0 Å². The molecule has 0 spiro atoms. The summed E-state index contributed by atoms with van der Waals surface area (Å²) in [6.45, 7) is 3.62. The molecule has 0 aliphatic carbocycles.